The molecule has 0 radical (unpaired) electrons. The predicted molar refractivity (Wildman–Crippen MR) is 68.9 cm³/mol. The van der Waals surface area contributed by atoms with Gasteiger partial charge in [0.25, 0.3) is 0 Å². The Morgan fingerprint density at radius 2 is 1.46 bits per heavy atom. The number of rotatable bonds is 5. The van der Waals surface area contributed by atoms with Crippen molar-refractivity contribution in [3.63, 3.8) is 0 Å². The molecule has 0 N–H and O–H groups in total. The Morgan fingerprint density at radius 1 is 1.00 bits per heavy atom. The molecular weight excluding hydrogens is 283 g/mol. The summed E-state index contributed by atoms with van der Waals surface area (Å²) in [7, 11) is 0. The van der Waals surface area contributed by atoms with Gasteiger partial charge in [0.2, 0.25) is 0 Å². The van der Waals surface area contributed by atoms with E-state index in [0.29, 0.717) is 0 Å². The first kappa shape index (κ1) is 16.6. The molecule has 0 atom stereocenters. The van der Waals surface area contributed by atoms with Gasteiger partial charge in [0.05, 0.1) is 0 Å². The van der Waals surface area contributed by atoms with Gasteiger partial charge in [-0.3, -0.25) is 0 Å². The van der Waals surface area contributed by atoms with Crippen LogP contribution in [-0.2, 0) is 12.6 Å². The second-order valence-electron chi connectivity index (χ2n) is 4.45. The molecule has 0 aromatic carbocycles. The zero-order valence-electron chi connectivity index (χ0n) is 10.0. The van der Waals surface area contributed by atoms with E-state index in [2.05, 4.69) is 28.7 Å². The average molecular weight is 309 g/mol. The van der Waals surface area contributed by atoms with E-state index in [9.17, 15) is 0 Å². The summed E-state index contributed by atoms with van der Waals surface area (Å²) in [6, 6.07) is 0. The van der Waals surface area contributed by atoms with Gasteiger partial charge in [-0.05, 0) is 5.92 Å². The van der Waals surface area contributed by atoms with Crippen LogP contribution in [0.5, 0.6) is 0 Å². The summed E-state index contributed by atoms with van der Waals surface area (Å²) in [5.41, 5.74) is 0. The van der Waals surface area contributed by atoms with Gasteiger partial charge in [-0.25, -0.2) is 0 Å². The Kier molecular flexibility index (Phi) is 16.8. The molecule has 0 amide bonds. The maximum absolute atomic E-state index is 4.83. The Morgan fingerprint density at radius 3 is 1.77 bits per heavy atom. The normalized spacial score (nSPS) is 9.46. The summed E-state index contributed by atoms with van der Waals surface area (Å²) in [6.45, 7) is 4.54. The summed E-state index contributed by atoms with van der Waals surface area (Å²) in [4.78, 5) is 7.09. The van der Waals surface area contributed by atoms with Crippen LogP contribution < -0.4 is 0 Å². The first-order valence-corrected chi connectivity index (χ1v) is 14.5. The Bertz CT molecular complexity index is 79.4. The van der Waals surface area contributed by atoms with Gasteiger partial charge < -0.3 is 12.6 Å². The molecule has 0 aromatic rings. The van der Waals surface area contributed by atoms with Crippen molar-refractivity contribution in [1.29, 1.82) is 0 Å². The van der Waals surface area contributed by atoms with Crippen LogP contribution in [-0.4, -0.2) is 25.5 Å². The zero-order valence-corrected chi connectivity index (χ0v) is 13.7. The molecule has 13 heavy (non-hydrogen) atoms. The van der Waals surface area contributed by atoms with Crippen molar-refractivity contribution in [2.45, 2.75) is 54.3 Å². The van der Waals surface area contributed by atoms with Gasteiger partial charge in [0.1, 0.15) is 0 Å². The third-order valence-electron chi connectivity index (χ3n) is 1.43. The van der Waals surface area contributed by atoms with Crippen LogP contribution in [0.3, 0.4) is 0 Å². The van der Waals surface area contributed by atoms with Crippen molar-refractivity contribution >= 4 is 32.4 Å². The van der Waals surface area contributed by atoms with Gasteiger partial charge >= 0.3 is 34.6 Å². The SMILES string of the molecule is CC(C)CCCCC[S-].[CH3][Sn+]([CH3])[CH3]. The first-order chi connectivity index (χ1) is 6.00. The Balaban J connectivity index is 0. The van der Waals surface area contributed by atoms with Crippen LogP contribution in [0, 0.1) is 5.92 Å². The monoisotopic (exact) mass is 310 g/mol. The fourth-order valence-corrected chi connectivity index (χ4v) is 1.04. The fourth-order valence-electron chi connectivity index (χ4n) is 0.831. The fraction of sp³-hybridized carbons (Fsp3) is 1.00. The molecule has 0 aromatic heterocycles. The van der Waals surface area contributed by atoms with E-state index in [0.717, 1.165) is 11.7 Å². The zero-order chi connectivity index (χ0) is 10.7. The average Bonchev–Trinajstić information content (AvgIpc) is 1.97. The standard InChI is InChI=1S/C8H18S.3CH3.Sn/c1-8(2)6-4-3-5-7-9;;;;/h8-9H,3-7H2,1-2H3;3*1H3;/q;;;;+1/p-1. The van der Waals surface area contributed by atoms with Crippen LogP contribution in [0.2, 0.25) is 14.8 Å². The molecule has 80 valence electrons. The van der Waals surface area contributed by atoms with E-state index < -0.39 is 19.8 Å². The quantitative estimate of drug-likeness (QED) is 0.418. The summed E-state index contributed by atoms with van der Waals surface area (Å²) in [6.07, 6.45) is 5.31. The first-order valence-electron chi connectivity index (χ1n) is 5.35. The molecule has 0 bridgehead atoms. The van der Waals surface area contributed by atoms with Gasteiger partial charge in [0.15, 0.2) is 0 Å². The van der Waals surface area contributed by atoms with Crippen molar-refractivity contribution in [3.05, 3.63) is 0 Å². The molecule has 0 saturated heterocycles. The second-order valence-corrected chi connectivity index (χ2v) is 13.4. The van der Waals surface area contributed by atoms with E-state index in [-0.39, 0.29) is 0 Å². The predicted octanol–water partition coefficient (Wildman–Crippen LogP) is 4.12. The molecule has 2 heteroatoms. The number of hydrogen-bond donors (Lipinski definition) is 0. The van der Waals surface area contributed by atoms with Crippen molar-refractivity contribution in [2.75, 3.05) is 5.75 Å². The molecule has 0 rings (SSSR count). The van der Waals surface area contributed by atoms with Crippen LogP contribution in [0.4, 0.5) is 0 Å². The van der Waals surface area contributed by atoms with E-state index in [4.69, 9.17) is 12.6 Å². The van der Waals surface area contributed by atoms with Gasteiger partial charge in [-0.15, -0.1) is 0 Å². The minimum absolute atomic E-state index is 0.543. The van der Waals surface area contributed by atoms with Gasteiger partial charge in [-0.1, -0.05) is 39.5 Å². The minimum atomic E-state index is -0.543. The third-order valence-corrected chi connectivity index (χ3v) is 1.71. The molecule has 0 saturated carbocycles. The molecule has 0 heterocycles. The van der Waals surface area contributed by atoms with E-state index in [1.807, 2.05) is 0 Å². The van der Waals surface area contributed by atoms with Crippen molar-refractivity contribution in [2.24, 2.45) is 5.92 Å². The Labute approximate surface area is 98.0 Å². The van der Waals surface area contributed by atoms with E-state index in [1.165, 1.54) is 25.7 Å². The molecule has 0 fully saturated rings. The maximum atomic E-state index is 4.83. The summed E-state index contributed by atoms with van der Waals surface area (Å²) in [5, 5.41) is 0. The molecule has 0 nitrogen and oxygen atoms in total. The Hall–Kier alpha value is 1.15. The van der Waals surface area contributed by atoms with Crippen molar-refractivity contribution in [1.82, 2.24) is 0 Å². The summed E-state index contributed by atoms with van der Waals surface area (Å²) >= 11 is 4.29. The van der Waals surface area contributed by atoms with Gasteiger partial charge in [-0.2, -0.15) is 5.75 Å². The molecule has 0 aliphatic rings. The van der Waals surface area contributed by atoms with E-state index >= 15 is 0 Å². The van der Waals surface area contributed by atoms with Crippen LogP contribution in [0.25, 0.3) is 0 Å². The second kappa shape index (κ2) is 13.1. The van der Waals surface area contributed by atoms with Crippen molar-refractivity contribution < 1.29 is 0 Å². The molecule has 0 unspecified atom stereocenters. The molecule has 0 aliphatic carbocycles. The summed E-state index contributed by atoms with van der Waals surface area (Å²) in [5.74, 6) is 1.81. The molecule has 0 aliphatic heterocycles. The van der Waals surface area contributed by atoms with E-state index in [1.54, 1.807) is 0 Å². The molecular formula is C11H26SSn. The topological polar surface area (TPSA) is 0 Å². The number of hydrogen-bond acceptors (Lipinski definition) is 1. The number of unbranched alkanes of at least 4 members (excludes halogenated alkanes) is 2. The van der Waals surface area contributed by atoms with Crippen LogP contribution in [0.15, 0.2) is 0 Å². The van der Waals surface area contributed by atoms with Crippen molar-refractivity contribution in [3.8, 4) is 0 Å². The third kappa shape index (κ3) is 32.0. The van der Waals surface area contributed by atoms with Gasteiger partial charge in [0, 0.05) is 0 Å². The summed E-state index contributed by atoms with van der Waals surface area (Å²) < 4.78 is 0. The van der Waals surface area contributed by atoms with Crippen LogP contribution in [0.1, 0.15) is 39.5 Å². The molecule has 0 spiro atoms. The van der Waals surface area contributed by atoms with Crippen LogP contribution >= 0.6 is 0 Å².